The Balaban J connectivity index is 1.59. The van der Waals surface area contributed by atoms with Gasteiger partial charge < -0.3 is 10.1 Å². The molecule has 0 bridgehead atoms. The number of hydrogen-bond donors (Lipinski definition) is 2. The van der Waals surface area contributed by atoms with E-state index < -0.39 is 14.9 Å². The third kappa shape index (κ3) is 4.20. The van der Waals surface area contributed by atoms with Crippen LogP contribution in [0.2, 0.25) is 0 Å². The maximum Gasteiger partial charge on any atom is 0.293 e. The molecule has 2 N–H and O–H groups in total. The normalized spacial score (nSPS) is 23.9. The molecule has 1 aliphatic carbocycles. The third-order valence-corrected chi connectivity index (χ3v) is 7.00. The fraction of sp³-hybridized carbons (Fsp3) is 0.400. The van der Waals surface area contributed by atoms with Crippen LogP contribution >= 0.6 is 0 Å². The lowest BCUT2D eigenvalue weighted by atomic mass is 9.81. The van der Waals surface area contributed by atoms with Gasteiger partial charge in [-0.05, 0) is 49.9 Å². The second-order valence-corrected chi connectivity index (χ2v) is 9.13. The summed E-state index contributed by atoms with van der Waals surface area (Å²) < 4.78 is 33.5. The topological polar surface area (TPSA) is 111 Å². The Morgan fingerprint density at radius 3 is 2.62 bits per heavy atom. The van der Waals surface area contributed by atoms with Crippen molar-refractivity contribution in [2.24, 2.45) is 5.92 Å². The van der Waals surface area contributed by atoms with Crippen molar-refractivity contribution in [3.63, 3.8) is 0 Å². The van der Waals surface area contributed by atoms with Gasteiger partial charge in [0.25, 0.3) is 15.7 Å². The summed E-state index contributed by atoms with van der Waals surface area (Å²) in [5.41, 5.74) is 0.486. The Morgan fingerprint density at radius 1 is 1.07 bits per heavy atom. The number of nitro groups is 1. The molecule has 3 atom stereocenters. The summed E-state index contributed by atoms with van der Waals surface area (Å²) in [7, 11) is -3.94. The Labute approximate surface area is 169 Å². The predicted molar refractivity (Wildman–Crippen MR) is 109 cm³/mol. The fourth-order valence-electron chi connectivity index (χ4n) is 4.23. The number of benzene rings is 2. The van der Waals surface area contributed by atoms with Gasteiger partial charge in [-0.25, -0.2) is 8.42 Å². The molecule has 29 heavy (non-hydrogen) atoms. The van der Waals surface area contributed by atoms with E-state index in [1.807, 2.05) is 0 Å². The molecule has 8 nitrogen and oxygen atoms in total. The summed E-state index contributed by atoms with van der Waals surface area (Å²) in [6, 6.07) is 12.5. The summed E-state index contributed by atoms with van der Waals surface area (Å²) in [5.74, 6) is 0.325. The standard InChI is InChI=1S/C20H23N3O5S/c24-23(25)19-13-15(29(26,27)22-14-5-2-1-3-6-14)9-10-18(19)21-17-7-4-8-20-16(17)11-12-28-20/h1-3,5-6,9-10,13,16-17,20-22H,4,7-8,11-12H2. The Kier molecular flexibility index (Phi) is 5.42. The van der Waals surface area contributed by atoms with Gasteiger partial charge in [0.2, 0.25) is 0 Å². The average Bonchev–Trinajstić information content (AvgIpc) is 3.18. The highest BCUT2D eigenvalue weighted by molar-refractivity contribution is 7.92. The molecule has 2 aliphatic rings. The number of fused-ring (bicyclic) bond motifs is 1. The molecule has 1 heterocycles. The van der Waals surface area contributed by atoms with Crippen LogP contribution in [0, 0.1) is 16.0 Å². The molecule has 2 fully saturated rings. The summed E-state index contributed by atoms with van der Waals surface area (Å²) in [5, 5.41) is 14.9. The summed E-state index contributed by atoms with van der Waals surface area (Å²) >= 11 is 0. The van der Waals surface area contributed by atoms with E-state index in [2.05, 4.69) is 10.0 Å². The highest BCUT2D eigenvalue weighted by Gasteiger charge is 2.38. The monoisotopic (exact) mass is 417 g/mol. The quantitative estimate of drug-likeness (QED) is 0.547. The smallest absolute Gasteiger partial charge is 0.293 e. The van der Waals surface area contributed by atoms with E-state index in [0.29, 0.717) is 17.3 Å². The van der Waals surface area contributed by atoms with Crippen LogP contribution in [0.3, 0.4) is 0 Å². The fourth-order valence-corrected chi connectivity index (χ4v) is 5.30. The lowest BCUT2D eigenvalue weighted by Gasteiger charge is -2.33. The van der Waals surface area contributed by atoms with Crippen LogP contribution in [0.1, 0.15) is 25.7 Å². The molecule has 1 saturated carbocycles. The molecule has 154 valence electrons. The van der Waals surface area contributed by atoms with E-state index in [-0.39, 0.29) is 22.7 Å². The number of ether oxygens (including phenoxy) is 1. The molecular weight excluding hydrogens is 394 g/mol. The van der Waals surface area contributed by atoms with Gasteiger partial charge in [-0.2, -0.15) is 0 Å². The number of nitrogens with one attached hydrogen (secondary N) is 2. The van der Waals surface area contributed by atoms with Crippen LogP contribution in [0.4, 0.5) is 17.1 Å². The van der Waals surface area contributed by atoms with Crippen LogP contribution in [0.25, 0.3) is 0 Å². The number of para-hydroxylation sites is 1. The lowest BCUT2D eigenvalue weighted by Crippen LogP contribution is -2.38. The first kappa shape index (κ1) is 19.7. The van der Waals surface area contributed by atoms with Crippen molar-refractivity contribution in [2.75, 3.05) is 16.6 Å². The lowest BCUT2D eigenvalue weighted by molar-refractivity contribution is -0.384. The van der Waals surface area contributed by atoms with Crippen molar-refractivity contribution in [2.45, 2.75) is 42.7 Å². The third-order valence-electron chi connectivity index (χ3n) is 5.62. The van der Waals surface area contributed by atoms with E-state index >= 15 is 0 Å². The minimum Gasteiger partial charge on any atom is -0.378 e. The van der Waals surface area contributed by atoms with Crippen molar-refractivity contribution in [3.05, 3.63) is 58.6 Å². The number of hydrogen-bond acceptors (Lipinski definition) is 6. The summed E-state index contributed by atoms with van der Waals surface area (Å²) in [4.78, 5) is 11.0. The van der Waals surface area contributed by atoms with E-state index in [4.69, 9.17) is 4.74 Å². The van der Waals surface area contributed by atoms with Crippen LogP contribution in [0.15, 0.2) is 53.4 Å². The number of rotatable bonds is 6. The molecule has 0 radical (unpaired) electrons. The van der Waals surface area contributed by atoms with Gasteiger partial charge >= 0.3 is 0 Å². The van der Waals surface area contributed by atoms with Crippen LogP contribution in [-0.2, 0) is 14.8 Å². The Morgan fingerprint density at radius 2 is 1.86 bits per heavy atom. The molecule has 0 spiro atoms. The average molecular weight is 417 g/mol. The molecular formula is C20H23N3O5S. The molecule has 0 amide bonds. The second kappa shape index (κ2) is 8.00. The first-order chi connectivity index (χ1) is 13.9. The summed E-state index contributed by atoms with van der Waals surface area (Å²) in [6.45, 7) is 0.720. The maximum atomic E-state index is 12.7. The zero-order valence-electron chi connectivity index (χ0n) is 15.8. The van der Waals surface area contributed by atoms with Gasteiger partial charge in [0, 0.05) is 30.3 Å². The molecule has 2 aromatic rings. The zero-order chi connectivity index (χ0) is 20.4. The number of anilines is 2. The van der Waals surface area contributed by atoms with Gasteiger partial charge in [0.05, 0.1) is 15.9 Å². The zero-order valence-corrected chi connectivity index (χ0v) is 16.6. The van der Waals surface area contributed by atoms with Crippen LogP contribution < -0.4 is 10.0 Å². The van der Waals surface area contributed by atoms with E-state index in [0.717, 1.165) is 38.4 Å². The first-order valence-corrected chi connectivity index (χ1v) is 11.2. The maximum absolute atomic E-state index is 12.7. The minimum atomic E-state index is -3.94. The minimum absolute atomic E-state index is 0.0832. The second-order valence-electron chi connectivity index (χ2n) is 7.45. The summed E-state index contributed by atoms with van der Waals surface area (Å²) in [6.07, 6.45) is 4.07. The Bertz CT molecular complexity index is 996. The molecule has 3 unspecified atom stereocenters. The number of nitrogens with zero attached hydrogens (tertiary/aromatic N) is 1. The van der Waals surface area contributed by atoms with Crippen molar-refractivity contribution < 1.29 is 18.1 Å². The highest BCUT2D eigenvalue weighted by Crippen LogP contribution is 2.38. The van der Waals surface area contributed by atoms with Gasteiger partial charge in [-0.15, -0.1) is 0 Å². The van der Waals surface area contributed by atoms with Crippen LogP contribution in [0.5, 0.6) is 0 Å². The van der Waals surface area contributed by atoms with Gasteiger partial charge in [-0.1, -0.05) is 18.2 Å². The molecule has 9 heteroatoms. The van der Waals surface area contributed by atoms with Gasteiger partial charge in [-0.3, -0.25) is 14.8 Å². The first-order valence-electron chi connectivity index (χ1n) is 9.68. The molecule has 1 aliphatic heterocycles. The SMILES string of the molecule is O=[N+]([O-])c1cc(S(=O)(=O)Nc2ccccc2)ccc1NC1CCCC2OCCC12. The van der Waals surface area contributed by atoms with E-state index in [1.54, 1.807) is 30.3 Å². The van der Waals surface area contributed by atoms with Gasteiger partial charge in [0.15, 0.2) is 0 Å². The number of sulfonamides is 1. The van der Waals surface area contributed by atoms with Crippen molar-refractivity contribution in [3.8, 4) is 0 Å². The predicted octanol–water partition coefficient (Wildman–Crippen LogP) is 3.77. The largest absolute Gasteiger partial charge is 0.378 e. The van der Waals surface area contributed by atoms with Gasteiger partial charge in [0.1, 0.15) is 5.69 Å². The Hall–Kier alpha value is -2.65. The molecule has 0 aromatic heterocycles. The molecule has 1 saturated heterocycles. The van der Waals surface area contributed by atoms with E-state index in [9.17, 15) is 18.5 Å². The van der Waals surface area contributed by atoms with E-state index in [1.165, 1.54) is 12.1 Å². The highest BCUT2D eigenvalue weighted by atomic mass is 32.2. The number of nitro benzene ring substituents is 1. The van der Waals surface area contributed by atoms with Crippen molar-refractivity contribution in [1.29, 1.82) is 0 Å². The van der Waals surface area contributed by atoms with Crippen molar-refractivity contribution >= 4 is 27.1 Å². The van der Waals surface area contributed by atoms with Crippen LogP contribution in [-0.4, -0.2) is 32.1 Å². The molecule has 2 aromatic carbocycles. The van der Waals surface area contributed by atoms with Crippen molar-refractivity contribution in [1.82, 2.24) is 0 Å². The molecule has 4 rings (SSSR count).